The molecule has 1 aromatic rings. The van der Waals surface area contributed by atoms with Gasteiger partial charge in [0, 0.05) is 12.3 Å². The monoisotopic (exact) mass is 210 g/mol. The number of pyridine rings is 1. The molecule has 5 nitrogen and oxygen atoms in total. The van der Waals surface area contributed by atoms with Crippen LogP contribution >= 0.6 is 0 Å². The third-order valence-corrected chi connectivity index (χ3v) is 1.88. The van der Waals surface area contributed by atoms with Crippen LogP contribution < -0.4 is 4.74 Å². The largest absolute Gasteiger partial charge is 0.473 e. The second-order valence-corrected chi connectivity index (χ2v) is 3.62. The molecule has 0 bridgehead atoms. The first-order valence-electron chi connectivity index (χ1n) is 4.83. The Morgan fingerprint density at radius 2 is 2.33 bits per heavy atom. The second-order valence-electron chi connectivity index (χ2n) is 3.62. The molecule has 0 amide bonds. The molecule has 0 spiro atoms. The van der Waals surface area contributed by atoms with Gasteiger partial charge in [-0.15, -0.1) is 0 Å². The molecule has 0 unspecified atom stereocenters. The molecule has 0 atom stereocenters. The van der Waals surface area contributed by atoms with Gasteiger partial charge in [-0.2, -0.15) is 0 Å². The highest BCUT2D eigenvalue weighted by molar-refractivity contribution is 5.39. The highest BCUT2D eigenvalue weighted by Crippen LogP contribution is 2.22. The normalized spacial score (nSPS) is 10.3. The van der Waals surface area contributed by atoms with E-state index in [4.69, 9.17) is 4.74 Å². The van der Waals surface area contributed by atoms with Gasteiger partial charge in [-0.3, -0.25) is 10.1 Å². The topological polar surface area (TPSA) is 65.3 Å². The van der Waals surface area contributed by atoms with Gasteiger partial charge in [0.1, 0.15) is 0 Å². The molecule has 0 aliphatic carbocycles. The fourth-order valence-electron chi connectivity index (χ4n) is 1.02. The summed E-state index contributed by atoms with van der Waals surface area (Å²) in [5.74, 6) is 0.607. The van der Waals surface area contributed by atoms with Crippen molar-refractivity contribution in [3.8, 4) is 5.88 Å². The summed E-state index contributed by atoms with van der Waals surface area (Å²) in [6, 6.07) is 2.91. The fourth-order valence-corrected chi connectivity index (χ4v) is 1.02. The van der Waals surface area contributed by atoms with E-state index >= 15 is 0 Å². The van der Waals surface area contributed by atoms with Crippen LogP contribution in [0.5, 0.6) is 5.88 Å². The lowest BCUT2D eigenvalue weighted by molar-refractivity contribution is -0.386. The average Bonchev–Trinajstić information content (AvgIpc) is 2.17. The van der Waals surface area contributed by atoms with E-state index in [2.05, 4.69) is 18.8 Å². The number of nitrogens with zero attached hydrogens (tertiary/aromatic N) is 2. The summed E-state index contributed by atoms with van der Waals surface area (Å²) in [7, 11) is 0. The Morgan fingerprint density at radius 3 is 2.93 bits per heavy atom. The summed E-state index contributed by atoms with van der Waals surface area (Å²) >= 11 is 0. The molecule has 0 fully saturated rings. The molecule has 0 saturated carbocycles. The van der Waals surface area contributed by atoms with Gasteiger partial charge in [0.15, 0.2) is 0 Å². The second kappa shape index (κ2) is 5.29. The number of rotatable bonds is 5. The van der Waals surface area contributed by atoms with Crippen molar-refractivity contribution in [3.63, 3.8) is 0 Å². The zero-order chi connectivity index (χ0) is 11.3. The zero-order valence-corrected chi connectivity index (χ0v) is 8.84. The molecule has 0 aromatic carbocycles. The van der Waals surface area contributed by atoms with Gasteiger partial charge in [0.25, 0.3) is 5.88 Å². The van der Waals surface area contributed by atoms with Gasteiger partial charge < -0.3 is 4.74 Å². The number of ether oxygens (including phenoxy) is 1. The summed E-state index contributed by atoms with van der Waals surface area (Å²) in [5.41, 5.74) is -0.0822. The van der Waals surface area contributed by atoms with Crippen LogP contribution in [0.3, 0.4) is 0 Å². The Morgan fingerprint density at radius 1 is 1.60 bits per heavy atom. The van der Waals surface area contributed by atoms with Crippen molar-refractivity contribution < 1.29 is 9.66 Å². The fraction of sp³-hybridized carbons (Fsp3) is 0.500. The minimum absolute atomic E-state index is 0.0822. The Balaban J connectivity index is 2.63. The van der Waals surface area contributed by atoms with Crippen LogP contribution in [0.1, 0.15) is 20.3 Å². The molecule has 0 aliphatic rings. The van der Waals surface area contributed by atoms with E-state index < -0.39 is 4.92 Å². The standard InChI is InChI=1S/C10H14N2O3/c1-8(2)5-7-15-10-9(12(13)14)4-3-6-11-10/h3-4,6,8H,5,7H2,1-2H3. The van der Waals surface area contributed by atoms with E-state index in [1.807, 2.05) is 0 Å². The van der Waals surface area contributed by atoms with Crippen molar-refractivity contribution in [1.29, 1.82) is 0 Å². The first-order valence-corrected chi connectivity index (χ1v) is 4.83. The third kappa shape index (κ3) is 3.53. The van der Waals surface area contributed by atoms with E-state index in [1.165, 1.54) is 18.3 Å². The van der Waals surface area contributed by atoms with Gasteiger partial charge >= 0.3 is 5.69 Å². The van der Waals surface area contributed by atoms with Gasteiger partial charge in [-0.05, 0) is 18.4 Å². The number of hydrogen-bond acceptors (Lipinski definition) is 4. The van der Waals surface area contributed by atoms with Gasteiger partial charge in [-0.25, -0.2) is 4.98 Å². The Bertz CT molecular complexity index is 339. The van der Waals surface area contributed by atoms with Gasteiger partial charge in [-0.1, -0.05) is 13.8 Å². The van der Waals surface area contributed by atoms with E-state index in [0.29, 0.717) is 12.5 Å². The van der Waals surface area contributed by atoms with Crippen LogP contribution in [-0.4, -0.2) is 16.5 Å². The first kappa shape index (κ1) is 11.4. The summed E-state index contributed by atoms with van der Waals surface area (Å²) < 4.78 is 5.26. The van der Waals surface area contributed by atoms with E-state index in [9.17, 15) is 10.1 Å². The van der Waals surface area contributed by atoms with E-state index in [0.717, 1.165) is 6.42 Å². The molecule has 5 heteroatoms. The summed E-state index contributed by atoms with van der Waals surface area (Å²) in [6.07, 6.45) is 2.34. The lowest BCUT2D eigenvalue weighted by Gasteiger charge is -2.06. The number of hydrogen-bond donors (Lipinski definition) is 0. The predicted molar refractivity (Wildman–Crippen MR) is 55.8 cm³/mol. The Kier molecular flexibility index (Phi) is 4.03. The zero-order valence-electron chi connectivity index (χ0n) is 8.84. The van der Waals surface area contributed by atoms with E-state index in [-0.39, 0.29) is 11.6 Å². The predicted octanol–water partition coefficient (Wildman–Crippen LogP) is 2.41. The summed E-state index contributed by atoms with van der Waals surface area (Å²) in [6.45, 7) is 4.59. The highest BCUT2D eigenvalue weighted by atomic mass is 16.6. The molecular formula is C10H14N2O3. The SMILES string of the molecule is CC(C)CCOc1ncccc1[N+](=O)[O-]. The number of aromatic nitrogens is 1. The summed E-state index contributed by atoms with van der Waals surface area (Å²) in [5, 5.41) is 10.6. The van der Waals surface area contributed by atoms with Crippen LogP contribution in [0, 0.1) is 16.0 Å². The van der Waals surface area contributed by atoms with Crippen LogP contribution in [0.2, 0.25) is 0 Å². The Labute approximate surface area is 88.2 Å². The first-order chi connectivity index (χ1) is 7.11. The molecule has 0 aliphatic heterocycles. The number of nitro groups is 1. The van der Waals surface area contributed by atoms with Crippen LogP contribution in [0.4, 0.5) is 5.69 Å². The van der Waals surface area contributed by atoms with Crippen molar-refractivity contribution in [1.82, 2.24) is 4.98 Å². The van der Waals surface area contributed by atoms with Crippen LogP contribution in [-0.2, 0) is 0 Å². The maximum Gasteiger partial charge on any atom is 0.330 e. The van der Waals surface area contributed by atoms with Gasteiger partial charge in [0.05, 0.1) is 11.5 Å². The maximum atomic E-state index is 10.6. The summed E-state index contributed by atoms with van der Waals surface area (Å²) in [4.78, 5) is 13.9. The molecule has 1 heterocycles. The van der Waals surface area contributed by atoms with Crippen molar-refractivity contribution >= 4 is 5.69 Å². The van der Waals surface area contributed by atoms with Gasteiger partial charge in [0.2, 0.25) is 0 Å². The Hall–Kier alpha value is -1.65. The molecule has 15 heavy (non-hydrogen) atoms. The lowest BCUT2D eigenvalue weighted by Crippen LogP contribution is -2.04. The minimum Gasteiger partial charge on any atom is -0.473 e. The van der Waals surface area contributed by atoms with Crippen LogP contribution in [0.25, 0.3) is 0 Å². The highest BCUT2D eigenvalue weighted by Gasteiger charge is 2.15. The average molecular weight is 210 g/mol. The van der Waals surface area contributed by atoms with Crippen LogP contribution in [0.15, 0.2) is 18.3 Å². The maximum absolute atomic E-state index is 10.6. The molecule has 0 saturated heterocycles. The minimum atomic E-state index is -0.488. The molecule has 1 aromatic heterocycles. The quantitative estimate of drug-likeness (QED) is 0.553. The lowest BCUT2D eigenvalue weighted by atomic mass is 10.1. The van der Waals surface area contributed by atoms with Crippen molar-refractivity contribution in [2.24, 2.45) is 5.92 Å². The smallest absolute Gasteiger partial charge is 0.330 e. The van der Waals surface area contributed by atoms with E-state index in [1.54, 1.807) is 0 Å². The molecule has 0 radical (unpaired) electrons. The molecule has 0 N–H and O–H groups in total. The van der Waals surface area contributed by atoms with Crippen molar-refractivity contribution in [2.75, 3.05) is 6.61 Å². The molecule has 82 valence electrons. The molecule has 1 rings (SSSR count). The third-order valence-electron chi connectivity index (χ3n) is 1.88. The van der Waals surface area contributed by atoms with Crippen molar-refractivity contribution in [3.05, 3.63) is 28.4 Å². The van der Waals surface area contributed by atoms with Crippen molar-refractivity contribution in [2.45, 2.75) is 20.3 Å². The molecular weight excluding hydrogens is 196 g/mol.